The second-order valence-electron chi connectivity index (χ2n) is 9.47. The summed E-state index contributed by atoms with van der Waals surface area (Å²) < 4.78 is 5.82. The molecule has 0 N–H and O–H groups in total. The zero-order valence-electron chi connectivity index (χ0n) is 20.1. The van der Waals surface area contributed by atoms with Crippen LogP contribution < -0.4 is 0 Å². The summed E-state index contributed by atoms with van der Waals surface area (Å²) in [4.78, 5) is 12.1. The molecular formula is C25H52O2SSi. The lowest BCUT2D eigenvalue weighted by Crippen LogP contribution is -2.33. The van der Waals surface area contributed by atoms with E-state index in [9.17, 15) is 4.79 Å². The van der Waals surface area contributed by atoms with Crippen molar-refractivity contribution >= 4 is 26.9 Å². The maximum absolute atomic E-state index is 12.1. The zero-order valence-corrected chi connectivity index (χ0v) is 22.0. The van der Waals surface area contributed by atoms with Crippen LogP contribution in [0.4, 0.5) is 0 Å². The van der Waals surface area contributed by atoms with Crippen LogP contribution in [0.2, 0.25) is 19.1 Å². The summed E-state index contributed by atoms with van der Waals surface area (Å²) in [7, 11) is -1.80. The van der Waals surface area contributed by atoms with E-state index in [0.29, 0.717) is 6.42 Å². The number of carbonyl (C=O) groups is 1. The second-order valence-corrected chi connectivity index (χ2v) is 14.1. The second kappa shape index (κ2) is 21.3. The lowest BCUT2D eigenvalue weighted by atomic mass is 10.0. The van der Waals surface area contributed by atoms with E-state index in [1.807, 2.05) is 0 Å². The molecule has 0 saturated carbocycles. The molecule has 174 valence electrons. The molecule has 0 amide bonds. The molecule has 0 unspecified atom stereocenters. The number of hydrogen-bond donors (Lipinski definition) is 1. The Hall–Kier alpha value is 0.0369. The topological polar surface area (TPSA) is 26.3 Å². The largest absolute Gasteiger partial charge is 0.520 e. The van der Waals surface area contributed by atoms with Crippen molar-refractivity contribution in [2.45, 2.75) is 148 Å². The van der Waals surface area contributed by atoms with Gasteiger partial charge in [-0.1, -0.05) is 110 Å². The highest BCUT2D eigenvalue weighted by molar-refractivity contribution is 7.80. The van der Waals surface area contributed by atoms with E-state index in [1.54, 1.807) is 0 Å². The van der Waals surface area contributed by atoms with Crippen LogP contribution in [0.1, 0.15) is 129 Å². The van der Waals surface area contributed by atoms with Crippen molar-refractivity contribution in [2.24, 2.45) is 0 Å². The number of carbonyl (C=O) groups excluding carboxylic acids is 1. The van der Waals surface area contributed by atoms with Crippen molar-refractivity contribution in [3.05, 3.63) is 0 Å². The van der Waals surface area contributed by atoms with Gasteiger partial charge in [0.2, 0.25) is 8.32 Å². The Kier molecular flexibility index (Phi) is 21.3. The smallest absolute Gasteiger partial charge is 0.292 e. The predicted octanol–water partition coefficient (Wildman–Crippen LogP) is 9.10. The van der Waals surface area contributed by atoms with E-state index >= 15 is 0 Å². The molecule has 0 rings (SSSR count). The summed E-state index contributed by atoms with van der Waals surface area (Å²) in [6.07, 6.45) is 24.5. The zero-order chi connectivity index (χ0) is 21.6. The summed E-state index contributed by atoms with van der Waals surface area (Å²) in [5.74, 6) is 1.01. The quantitative estimate of drug-likeness (QED) is 0.102. The first-order valence-corrected chi connectivity index (χ1v) is 16.6. The van der Waals surface area contributed by atoms with E-state index in [0.717, 1.165) is 18.2 Å². The fourth-order valence-electron chi connectivity index (χ4n) is 3.89. The molecule has 0 aromatic heterocycles. The molecule has 0 fully saturated rings. The lowest BCUT2D eigenvalue weighted by molar-refractivity contribution is -0.135. The van der Waals surface area contributed by atoms with Gasteiger partial charge in [0.1, 0.15) is 0 Å². The molecule has 0 aromatic carbocycles. The van der Waals surface area contributed by atoms with Crippen LogP contribution in [-0.4, -0.2) is 20.0 Å². The molecule has 2 nitrogen and oxygen atoms in total. The van der Waals surface area contributed by atoms with Crippen LogP contribution in [0.5, 0.6) is 0 Å². The van der Waals surface area contributed by atoms with Crippen LogP contribution in [0.25, 0.3) is 0 Å². The Morgan fingerprint density at radius 2 is 1.07 bits per heavy atom. The van der Waals surface area contributed by atoms with Crippen LogP contribution in [0.15, 0.2) is 0 Å². The van der Waals surface area contributed by atoms with Crippen LogP contribution in [0.3, 0.4) is 0 Å². The first-order valence-electron chi connectivity index (χ1n) is 12.8. The Labute approximate surface area is 189 Å². The number of hydrogen-bond acceptors (Lipinski definition) is 3. The van der Waals surface area contributed by atoms with Crippen molar-refractivity contribution in [3.8, 4) is 0 Å². The minimum Gasteiger partial charge on any atom is -0.520 e. The van der Waals surface area contributed by atoms with Gasteiger partial charge in [-0.15, -0.1) is 0 Å². The van der Waals surface area contributed by atoms with Gasteiger partial charge in [-0.05, 0) is 37.7 Å². The molecule has 0 bridgehead atoms. The highest BCUT2D eigenvalue weighted by Crippen LogP contribution is 2.18. The van der Waals surface area contributed by atoms with E-state index in [2.05, 4.69) is 32.6 Å². The highest BCUT2D eigenvalue weighted by Gasteiger charge is 2.25. The van der Waals surface area contributed by atoms with E-state index < -0.39 is 8.32 Å². The van der Waals surface area contributed by atoms with Crippen LogP contribution in [0, 0.1) is 0 Å². The van der Waals surface area contributed by atoms with E-state index in [-0.39, 0.29) is 5.97 Å². The third-order valence-electron chi connectivity index (χ3n) is 5.81. The molecule has 4 heteroatoms. The van der Waals surface area contributed by atoms with Crippen molar-refractivity contribution in [1.82, 2.24) is 0 Å². The maximum atomic E-state index is 12.1. The third-order valence-corrected chi connectivity index (χ3v) is 8.47. The molecule has 0 aromatic rings. The van der Waals surface area contributed by atoms with Crippen LogP contribution >= 0.6 is 12.6 Å². The Morgan fingerprint density at radius 3 is 1.52 bits per heavy atom. The normalized spacial score (nSPS) is 11.7. The highest BCUT2D eigenvalue weighted by atomic mass is 32.1. The average Bonchev–Trinajstić information content (AvgIpc) is 2.68. The van der Waals surface area contributed by atoms with Crippen molar-refractivity contribution in [3.63, 3.8) is 0 Å². The number of rotatable bonds is 22. The number of unbranched alkanes of at least 4 members (excludes halogenated alkanes) is 16. The summed E-state index contributed by atoms with van der Waals surface area (Å²) in [6, 6.07) is 1.09. The van der Waals surface area contributed by atoms with Gasteiger partial charge in [-0.2, -0.15) is 12.6 Å². The van der Waals surface area contributed by atoms with Crippen LogP contribution in [-0.2, 0) is 9.22 Å². The fraction of sp³-hybridized carbons (Fsp3) is 0.960. The molecule has 0 aliphatic rings. The van der Waals surface area contributed by atoms with Gasteiger partial charge in [0, 0.05) is 6.42 Å². The minimum atomic E-state index is -1.80. The summed E-state index contributed by atoms with van der Waals surface area (Å²) in [6.45, 7) is 6.64. The van der Waals surface area contributed by atoms with Gasteiger partial charge in [0.15, 0.2) is 0 Å². The van der Waals surface area contributed by atoms with Gasteiger partial charge in [0.25, 0.3) is 5.97 Å². The minimum absolute atomic E-state index is 0.0468. The molecule has 0 aliphatic heterocycles. The lowest BCUT2D eigenvalue weighted by Gasteiger charge is -2.22. The molecule has 0 heterocycles. The molecule has 0 radical (unpaired) electrons. The Balaban J connectivity index is 3.36. The average molecular weight is 445 g/mol. The molecule has 29 heavy (non-hydrogen) atoms. The van der Waals surface area contributed by atoms with Crippen molar-refractivity contribution < 1.29 is 9.22 Å². The van der Waals surface area contributed by atoms with Gasteiger partial charge in [0.05, 0.1) is 0 Å². The molecule has 0 atom stereocenters. The standard InChI is InChI=1S/C25H52O2SSi/c1-4-5-6-7-8-9-10-11-12-13-14-15-16-17-19-22-25(26)27-29(2,3)24-21-18-20-23-28/h28H,4-24H2,1-3H3. The van der Waals surface area contributed by atoms with Gasteiger partial charge in [-0.3, -0.25) is 4.79 Å². The Morgan fingerprint density at radius 1 is 0.655 bits per heavy atom. The molecule has 0 spiro atoms. The number of thiol groups is 1. The van der Waals surface area contributed by atoms with Gasteiger partial charge in [-0.25, -0.2) is 0 Å². The van der Waals surface area contributed by atoms with Crippen molar-refractivity contribution in [2.75, 3.05) is 5.75 Å². The Bertz CT molecular complexity index is 361. The SMILES string of the molecule is CCCCCCCCCCCCCCCCCC(=O)O[Si](C)(C)CCCCCS. The van der Waals surface area contributed by atoms with E-state index in [1.165, 1.54) is 109 Å². The fourth-order valence-corrected chi connectivity index (χ4v) is 6.04. The van der Waals surface area contributed by atoms with Crippen molar-refractivity contribution in [1.29, 1.82) is 0 Å². The third kappa shape index (κ3) is 22.5. The maximum Gasteiger partial charge on any atom is 0.292 e. The van der Waals surface area contributed by atoms with Gasteiger partial charge >= 0.3 is 0 Å². The van der Waals surface area contributed by atoms with Gasteiger partial charge < -0.3 is 4.43 Å². The molecule has 0 saturated heterocycles. The first-order chi connectivity index (χ1) is 14.0. The first kappa shape index (κ1) is 29.0. The monoisotopic (exact) mass is 444 g/mol. The molecule has 0 aliphatic carbocycles. The summed E-state index contributed by atoms with van der Waals surface area (Å²) in [5, 5.41) is 0. The van der Waals surface area contributed by atoms with E-state index in [4.69, 9.17) is 4.43 Å². The molecular weight excluding hydrogens is 392 g/mol. The predicted molar refractivity (Wildman–Crippen MR) is 136 cm³/mol. The summed E-state index contributed by atoms with van der Waals surface area (Å²) >= 11 is 4.25. The summed E-state index contributed by atoms with van der Waals surface area (Å²) in [5.41, 5.74) is 0.